The first kappa shape index (κ1) is 30.3. The van der Waals surface area contributed by atoms with Gasteiger partial charge in [0, 0.05) is 0 Å². The fourth-order valence-corrected chi connectivity index (χ4v) is 0. The smallest absolute Gasteiger partial charge is 2.00 e. The summed E-state index contributed by atoms with van der Waals surface area (Å²) in [6.07, 6.45) is 0. The standard InChI is InChI=1S/Ce.Co.O.Sn/q+3;+2;-2;+4. The quantitative estimate of drug-likeness (QED) is 0.535. The van der Waals surface area contributed by atoms with Crippen molar-refractivity contribution in [2.75, 3.05) is 0 Å². The molecule has 0 atom stereocenters. The first-order valence-corrected chi connectivity index (χ1v) is 0. The van der Waals surface area contributed by atoms with Gasteiger partial charge >= 0.3 is 82.4 Å². The molecule has 0 amide bonds. The van der Waals surface area contributed by atoms with Gasteiger partial charge < -0.3 is 5.48 Å². The zero-order valence-electron chi connectivity index (χ0n) is 1.74. The Morgan fingerprint density at radius 1 is 1.00 bits per heavy atom. The monoisotopic (exact) mass is 335 g/mol. The predicted octanol–water partition coefficient (Wildman–Crippen LogP) is -0.502. The molecule has 0 aromatic carbocycles. The van der Waals surface area contributed by atoms with Crippen LogP contribution in [-0.4, -0.2) is 23.9 Å². The van der Waals surface area contributed by atoms with E-state index in [1.165, 1.54) is 0 Å². The number of hydrogen-bond acceptors (Lipinski definition) is 0. The van der Waals surface area contributed by atoms with Crippen LogP contribution in [0.1, 0.15) is 0 Å². The minimum atomic E-state index is 0. The summed E-state index contributed by atoms with van der Waals surface area (Å²) in [6.45, 7) is 0. The SMILES string of the molecule is [Ce+3].[Co+2].[O-2].[Sn+4]. The van der Waals surface area contributed by atoms with E-state index >= 15 is 0 Å². The van der Waals surface area contributed by atoms with Crippen LogP contribution >= 0.6 is 0 Å². The van der Waals surface area contributed by atoms with Crippen molar-refractivity contribution < 1.29 is 64.0 Å². The van der Waals surface area contributed by atoms with E-state index in [2.05, 4.69) is 0 Å². The zero-order valence-corrected chi connectivity index (χ0v) is 8.78. The molecular formula is CeCoOSn+7. The third kappa shape index (κ3) is 8.82. The Hall–Kier alpha value is 2.64. The zero-order chi connectivity index (χ0) is 0. The normalized spacial score (nSPS) is 0. The van der Waals surface area contributed by atoms with Crippen molar-refractivity contribution in [2.45, 2.75) is 0 Å². The summed E-state index contributed by atoms with van der Waals surface area (Å²) < 4.78 is 0. The Bertz CT molecular complexity index is 8.00. The van der Waals surface area contributed by atoms with Gasteiger partial charge in [0.25, 0.3) is 0 Å². The molecule has 0 aromatic heterocycles. The minimum Gasteiger partial charge on any atom is -2.00 e. The second-order valence-electron chi connectivity index (χ2n) is 0. The van der Waals surface area contributed by atoms with Gasteiger partial charge in [0.2, 0.25) is 0 Å². The van der Waals surface area contributed by atoms with Gasteiger partial charge in [-0.3, -0.25) is 0 Å². The van der Waals surface area contributed by atoms with Gasteiger partial charge in [0.1, 0.15) is 0 Å². The first-order valence-electron chi connectivity index (χ1n) is 0. The summed E-state index contributed by atoms with van der Waals surface area (Å²) >= 11 is 0. The largest absolute Gasteiger partial charge is 4.00 e. The summed E-state index contributed by atoms with van der Waals surface area (Å²) in [7, 11) is 0. The molecule has 2 radical (unpaired) electrons. The van der Waals surface area contributed by atoms with Crippen molar-refractivity contribution in [3.63, 3.8) is 0 Å². The van der Waals surface area contributed by atoms with Crippen LogP contribution < -0.4 is 0 Å². The van der Waals surface area contributed by atoms with Crippen LogP contribution in [0.3, 0.4) is 0 Å². The van der Waals surface area contributed by atoms with Crippen molar-refractivity contribution in [3.05, 3.63) is 0 Å². The van der Waals surface area contributed by atoms with Crippen LogP contribution in [0.5, 0.6) is 0 Å². The van der Waals surface area contributed by atoms with Crippen LogP contribution in [0.2, 0.25) is 0 Å². The van der Waals surface area contributed by atoms with Gasteiger partial charge in [0.05, 0.1) is 0 Å². The molecule has 0 bridgehead atoms. The summed E-state index contributed by atoms with van der Waals surface area (Å²) in [4.78, 5) is 0. The van der Waals surface area contributed by atoms with Crippen LogP contribution in [-0.2, 0) is 22.3 Å². The fourth-order valence-electron chi connectivity index (χ4n) is 0. The third-order valence-corrected chi connectivity index (χ3v) is 0. The Morgan fingerprint density at radius 2 is 1.00 bits per heavy atom. The van der Waals surface area contributed by atoms with Gasteiger partial charge in [-0.25, -0.2) is 0 Å². The predicted molar refractivity (Wildman–Crippen MR) is 6.44 cm³/mol. The second kappa shape index (κ2) is 17.4. The molecule has 4 heteroatoms. The topological polar surface area (TPSA) is 28.5 Å². The van der Waals surface area contributed by atoms with Crippen LogP contribution in [0, 0.1) is 41.7 Å². The molecule has 1 nitrogen and oxygen atoms in total. The molecule has 0 saturated carbocycles. The average Bonchev–Trinajstić information content (AvgIpc) is 0. The third-order valence-electron chi connectivity index (χ3n) is 0. The molecule has 0 aromatic rings. The molecule has 0 spiro atoms. The van der Waals surface area contributed by atoms with E-state index in [1.807, 2.05) is 0 Å². The van der Waals surface area contributed by atoms with Crippen molar-refractivity contribution >= 4 is 23.9 Å². The van der Waals surface area contributed by atoms with Gasteiger partial charge in [-0.15, -0.1) is 0 Å². The molecule has 0 N–H and O–H groups in total. The first-order chi connectivity index (χ1) is 0. The van der Waals surface area contributed by atoms with Gasteiger partial charge in [-0.1, -0.05) is 0 Å². The molecule has 0 aliphatic heterocycles. The van der Waals surface area contributed by atoms with E-state index in [0.717, 1.165) is 0 Å². The van der Waals surface area contributed by atoms with E-state index in [0.29, 0.717) is 0 Å². The molecule has 0 aliphatic carbocycles. The molecule has 0 fully saturated rings. The van der Waals surface area contributed by atoms with Crippen molar-refractivity contribution in [3.8, 4) is 0 Å². The van der Waals surface area contributed by atoms with E-state index in [-0.39, 0.29) is 87.9 Å². The summed E-state index contributed by atoms with van der Waals surface area (Å²) in [5.74, 6) is 0. The Morgan fingerprint density at radius 3 is 1.00 bits per heavy atom. The maximum absolute atomic E-state index is 0. The molecule has 0 saturated heterocycles. The number of rotatable bonds is 0. The number of hydrogen-bond donors (Lipinski definition) is 0. The van der Waals surface area contributed by atoms with Crippen molar-refractivity contribution in [1.82, 2.24) is 0 Å². The fraction of sp³-hybridized carbons (Fsp3) is 0. The molecule has 16 valence electrons. The van der Waals surface area contributed by atoms with Gasteiger partial charge in [-0.05, 0) is 0 Å². The van der Waals surface area contributed by atoms with Crippen LogP contribution in [0.25, 0.3) is 0 Å². The average molecular weight is 334 g/mol. The molecule has 4 heavy (non-hydrogen) atoms. The molecule has 0 unspecified atom stereocenters. The van der Waals surface area contributed by atoms with Crippen molar-refractivity contribution in [1.29, 1.82) is 0 Å². The summed E-state index contributed by atoms with van der Waals surface area (Å²) in [6, 6.07) is 0. The van der Waals surface area contributed by atoms with Crippen LogP contribution in [0.15, 0.2) is 0 Å². The Labute approximate surface area is 86.1 Å². The van der Waals surface area contributed by atoms with Gasteiger partial charge in [-0.2, -0.15) is 0 Å². The maximum Gasteiger partial charge on any atom is 4.00 e. The molecular weight excluding hydrogens is 334 g/mol. The van der Waals surface area contributed by atoms with Crippen molar-refractivity contribution in [2.24, 2.45) is 0 Å². The van der Waals surface area contributed by atoms with E-state index < -0.39 is 0 Å². The van der Waals surface area contributed by atoms with E-state index in [1.54, 1.807) is 0 Å². The maximum atomic E-state index is 0. The molecule has 0 aliphatic rings. The summed E-state index contributed by atoms with van der Waals surface area (Å²) in [5, 5.41) is 0. The molecule has 0 rings (SSSR count). The minimum absolute atomic E-state index is 0. The van der Waals surface area contributed by atoms with E-state index in [9.17, 15) is 0 Å². The van der Waals surface area contributed by atoms with Crippen LogP contribution in [0.4, 0.5) is 0 Å². The Balaban J connectivity index is 0. The van der Waals surface area contributed by atoms with Gasteiger partial charge in [0.15, 0.2) is 0 Å². The molecule has 0 heterocycles. The van der Waals surface area contributed by atoms with E-state index in [4.69, 9.17) is 0 Å². The second-order valence-corrected chi connectivity index (χ2v) is 0. The summed E-state index contributed by atoms with van der Waals surface area (Å²) in [5.41, 5.74) is 0. The Kier molecular flexibility index (Phi) is 132.